The van der Waals surface area contributed by atoms with Crippen molar-refractivity contribution < 1.29 is 23.9 Å². The molecule has 1 atom stereocenters. The van der Waals surface area contributed by atoms with Crippen LogP contribution in [-0.2, 0) is 4.79 Å². The molecule has 3 N–H and O–H groups in total. The van der Waals surface area contributed by atoms with Crippen LogP contribution in [0.1, 0.15) is 27.6 Å². The van der Waals surface area contributed by atoms with E-state index in [1.807, 2.05) is 0 Å². The van der Waals surface area contributed by atoms with Gasteiger partial charge >= 0.3 is 5.97 Å². The Balaban J connectivity index is 1.71. The Morgan fingerprint density at radius 1 is 0.833 bits per heavy atom. The largest absolute Gasteiger partial charge is 0.478 e. The van der Waals surface area contributed by atoms with Gasteiger partial charge in [0.25, 0.3) is 5.91 Å². The van der Waals surface area contributed by atoms with Gasteiger partial charge in [0.05, 0.1) is 41.5 Å². The van der Waals surface area contributed by atoms with Crippen molar-refractivity contribution >= 4 is 98.9 Å². The highest BCUT2D eigenvalue weighted by molar-refractivity contribution is 8.00. The molecular formula is C23H14Cl5FN2O4S. The van der Waals surface area contributed by atoms with Crippen molar-refractivity contribution in [1.29, 1.82) is 0 Å². The molecule has 0 bridgehead atoms. The van der Waals surface area contributed by atoms with E-state index in [9.17, 15) is 23.9 Å². The van der Waals surface area contributed by atoms with Crippen LogP contribution in [0.25, 0.3) is 0 Å². The summed E-state index contributed by atoms with van der Waals surface area (Å²) in [7, 11) is 0. The standard InChI is InChI=1S/C23H14Cl5FN2O4S/c1-9(21(32)31-11-4-7-14(29)13(24)8-11)36-12-5-2-10(3-6-12)30-22(33)15-16(23(34)35)18(26)20(28)19(27)17(15)25/h2-9H,1H3,(H,30,33)(H,31,32)(H,34,35). The molecule has 0 saturated carbocycles. The summed E-state index contributed by atoms with van der Waals surface area (Å²) in [6, 6.07) is 10.3. The number of benzene rings is 3. The number of halogens is 6. The van der Waals surface area contributed by atoms with Crippen molar-refractivity contribution in [2.45, 2.75) is 17.1 Å². The molecule has 0 aliphatic heterocycles. The number of hydrogen-bond acceptors (Lipinski definition) is 4. The van der Waals surface area contributed by atoms with E-state index < -0.39 is 39.1 Å². The number of nitrogens with one attached hydrogen (secondary N) is 2. The van der Waals surface area contributed by atoms with Crippen LogP contribution in [-0.4, -0.2) is 28.1 Å². The van der Waals surface area contributed by atoms with Crippen LogP contribution in [0.15, 0.2) is 47.4 Å². The average Bonchev–Trinajstić information content (AvgIpc) is 2.83. The summed E-state index contributed by atoms with van der Waals surface area (Å²) in [4.78, 5) is 37.7. The molecule has 0 saturated heterocycles. The fourth-order valence-corrected chi connectivity index (χ4v) is 5.00. The molecule has 3 aromatic rings. The van der Waals surface area contributed by atoms with Gasteiger partial charge in [-0.3, -0.25) is 9.59 Å². The van der Waals surface area contributed by atoms with Crippen molar-refractivity contribution in [1.82, 2.24) is 0 Å². The van der Waals surface area contributed by atoms with Crippen molar-refractivity contribution in [3.63, 3.8) is 0 Å². The van der Waals surface area contributed by atoms with Crippen LogP contribution in [0, 0.1) is 5.82 Å². The molecule has 3 rings (SSSR count). The van der Waals surface area contributed by atoms with Crippen molar-refractivity contribution in [2.24, 2.45) is 0 Å². The van der Waals surface area contributed by atoms with Gasteiger partial charge in [-0.05, 0) is 49.4 Å². The molecule has 2 amide bonds. The molecule has 0 radical (unpaired) electrons. The number of hydrogen-bond donors (Lipinski definition) is 3. The fourth-order valence-electron chi connectivity index (χ4n) is 2.93. The minimum Gasteiger partial charge on any atom is -0.478 e. The van der Waals surface area contributed by atoms with Crippen molar-refractivity contribution in [2.75, 3.05) is 10.6 Å². The maximum atomic E-state index is 13.3. The van der Waals surface area contributed by atoms with Crippen LogP contribution < -0.4 is 10.6 Å². The lowest BCUT2D eigenvalue weighted by Gasteiger charge is -2.15. The van der Waals surface area contributed by atoms with E-state index in [0.717, 1.165) is 6.07 Å². The van der Waals surface area contributed by atoms with E-state index in [4.69, 9.17) is 58.0 Å². The summed E-state index contributed by atoms with van der Waals surface area (Å²) in [5.74, 6) is -3.28. The molecule has 36 heavy (non-hydrogen) atoms. The number of carboxylic acids is 1. The highest BCUT2D eigenvalue weighted by Crippen LogP contribution is 2.42. The van der Waals surface area contributed by atoms with Gasteiger partial charge < -0.3 is 15.7 Å². The molecule has 0 aliphatic rings. The van der Waals surface area contributed by atoms with Gasteiger partial charge in [-0.15, -0.1) is 11.8 Å². The summed E-state index contributed by atoms with van der Waals surface area (Å²) in [5.41, 5.74) is -0.341. The number of amides is 2. The molecule has 0 spiro atoms. The van der Waals surface area contributed by atoms with Crippen molar-refractivity contribution in [3.05, 3.63) is 84.5 Å². The lowest BCUT2D eigenvalue weighted by molar-refractivity contribution is -0.115. The minimum atomic E-state index is -1.51. The normalized spacial score (nSPS) is 11.6. The Kier molecular flexibility index (Phi) is 9.38. The molecule has 0 heterocycles. The van der Waals surface area contributed by atoms with E-state index in [1.165, 1.54) is 23.9 Å². The Labute approximate surface area is 234 Å². The first-order valence-electron chi connectivity index (χ1n) is 9.84. The first kappa shape index (κ1) is 28.4. The molecule has 0 fully saturated rings. The molecule has 188 valence electrons. The third-order valence-corrected chi connectivity index (χ3v) is 7.89. The summed E-state index contributed by atoms with van der Waals surface area (Å²) >= 11 is 31.0. The topological polar surface area (TPSA) is 95.5 Å². The van der Waals surface area contributed by atoms with E-state index in [1.54, 1.807) is 31.2 Å². The smallest absolute Gasteiger partial charge is 0.338 e. The summed E-state index contributed by atoms with van der Waals surface area (Å²) < 4.78 is 13.3. The van der Waals surface area contributed by atoms with Crippen LogP contribution >= 0.6 is 69.8 Å². The molecule has 1 unspecified atom stereocenters. The monoisotopic (exact) mass is 608 g/mol. The molecule has 6 nitrogen and oxygen atoms in total. The minimum absolute atomic E-state index is 0.106. The predicted molar refractivity (Wildman–Crippen MR) is 143 cm³/mol. The average molecular weight is 611 g/mol. The van der Waals surface area contributed by atoms with Crippen LogP contribution in [0.2, 0.25) is 25.1 Å². The number of carbonyl (C=O) groups excluding carboxylic acids is 2. The molecule has 0 aromatic heterocycles. The molecular weight excluding hydrogens is 597 g/mol. The second-order valence-electron chi connectivity index (χ2n) is 7.17. The molecule has 13 heteroatoms. The summed E-state index contributed by atoms with van der Waals surface area (Å²) in [6.45, 7) is 1.68. The van der Waals surface area contributed by atoms with E-state index in [-0.39, 0.29) is 26.0 Å². The second kappa shape index (κ2) is 11.9. The first-order valence-corrected chi connectivity index (χ1v) is 12.6. The summed E-state index contributed by atoms with van der Waals surface area (Å²) in [5, 5.41) is 12.8. The van der Waals surface area contributed by atoms with Gasteiger partial charge in [0, 0.05) is 16.3 Å². The van der Waals surface area contributed by atoms with Gasteiger partial charge in [0.2, 0.25) is 5.91 Å². The Bertz CT molecular complexity index is 1370. The fraction of sp³-hybridized carbons (Fsp3) is 0.0870. The maximum absolute atomic E-state index is 13.3. The third-order valence-electron chi connectivity index (χ3n) is 4.69. The highest BCUT2D eigenvalue weighted by Gasteiger charge is 2.29. The number of thioether (sulfide) groups is 1. The lowest BCUT2D eigenvalue weighted by Crippen LogP contribution is -2.22. The van der Waals surface area contributed by atoms with Gasteiger partial charge in [0.1, 0.15) is 5.82 Å². The van der Waals surface area contributed by atoms with Crippen LogP contribution in [0.5, 0.6) is 0 Å². The van der Waals surface area contributed by atoms with Crippen LogP contribution in [0.3, 0.4) is 0 Å². The van der Waals surface area contributed by atoms with Gasteiger partial charge in [-0.1, -0.05) is 58.0 Å². The van der Waals surface area contributed by atoms with Gasteiger partial charge in [0.15, 0.2) is 0 Å². The zero-order chi connectivity index (χ0) is 26.7. The molecule has 3 aromatic carbocycles. The van der Waals surface area contributed by atoms with Gasteiger partial charge in [-0.25, -0.2) is 9.18 Å². The molecule has 0 aliphatic carbocycles. The third kappa shape index (κ3) is 6.37. The predicted octanol–water partition coefficient (Wildman–Crippen LogP) is 8.16. The van der Waals surface area contributed by atoms with Crippen LogP contribution in [0.4, 0.5) is 15.8 Å². The maximum Gasteiger partial charge on any atom is 0.338 e. The number of carboxylic acid groups (broad SMARTS) is 1. The quantitative estimate of drug-likeness (QED) is 0.143. The SMILES string of the molecule is CC(Sc1ccc(NC(=O)c2c(Cl)c(Cl)c(Cl)c(Cl)c2C(=O)O)cc1)C(=O)Nc1ccc(F)c(Cl)c1. The zero-order valence-corrected chi connectivity index (χ0v) is 22.6. The zero-order valence-electron chi connectivity index (χ0n) is 18.0. The number of carbonyl (C=O) groups is 3. The Hall–Kier alpha value is -2.20. The van der Waals surface area contributed by atoms with Crippen molar-refractivity contribution in [3.8, 4) is 0 Å². The number of aromatic carboxylic acids is 1. The lowest BCUT2D eigenvalue weighted by atomic mass is 10.1. The Morgan fingerprint density at radius 3 is 1.94 bits per heavy atom. The number of anilines is 2. The first-order chi connectivity index (χ1) is 16.9. The second-order valence-corrected chi connectivity index (χ2v) is 10.5. The van der Waals surface area contributed by atoms with Gasteiger partial charge in [-0.2, -0.15) is 0 Å². The Morgan fingerprint density at radius 2 is 1.39 bits per heavy atom. The van der Waals surface area contributed by atoms with E-state index in [2.05, 4.69) is 10.6 Å². The highest BCUT2D eigenvalue weighted by atomic mass is 35.5. The number of rotatable bonds is 7. The van der Waals surface area contributed by atoms with E-state index in [0.29, 0.717) is 16.3 Å². The van der Waals surface area contributed by atoms with E-state index >= 15 is 0 Å². The summed E-state index contributed by atoms with van der Waals surface area (Å²) in [6.07, 6.45) is 0.